The Morgan fingerprint density at radius 2 is 2.04 bits per heavy atom. The monoisotopic (exact) mass is 350 g/mol. The average molecular weight is 350 g/mol. The first-order chi connectivity index (χ1) is 12.0. The molecule has 0 N–H and O–H groups in total. The van der Waals surface area contributed by atoms with Crippen LogP contribution >= 0.6 is 0 Å². The highest BCUT2D eigenvalue weighted by Gasteiger charge is 2.39. The molecule has 1 aromatic heterocycles. The van der Waals surface area contributed by atoms with Crippen LogP contribution in [0.15, 0.2) is 40.0 Å². The van der Waals surface area contributed by atoms with Gasteiger partial charge in [-0.15, -0.1) is 0 Å². The van der Waals surface area contributed by atoms with Crippen LogP contribution in [0.25, 0.3) is 5.57 Å². The van der Waals surface area contributed by atoms with Gasteiger partial charge in [-0.3, -0.25) is 4.99 Å². The molecule has 0 bridgehead atoms. The summed E-state index contributed by atoms with van der Waals surface area (Å²) in [5.41, 5.74) is 1.39. The van der Waals surface area contributed by atoms with E-state index in [0.29, 0.717) is 18.8 Å². The number of aromatic nitrogens is 2. The molecule has 2 aliphatic heterocycles. The number of hydrogen-bond acceptors (Lipinski definition) is 6. The van der Waals surface area contributed by atoms with Crippen molar-refractivity contribution >= 4 is 11.8 Å². The van der Waals surface area contributed by atoms with E-state index in [9.17, 15) is 13.2 Å². The predicted octanol–water partition coefficient (Wildman–Crippen LogP) is 3.30. The minimum atomic E-state index is -4.67. The minimum absolute atomic E-state index is 0.0198. The Morgan fingerprint density at radius 1 is 1.20 bits per heavy atom. The van der Waals surface area contributed by atoms with Gasteiger partial charge in [-0.05, 0) is 6.07 Å². The van der Waals surface area contributed by atoms with Crippen molar-refractivity contribution in [2.45, 2.75) is 18.6 Å². The van der Waals surface area contributed by atoms with E-state index in [2.05, 4.69) is 19.7 Å². The molecule has 0 saturated heterocycles. The number of rotatable bonds is 2. The first-order valence-electron chi connectivity index (χ1n) is 7.63. The number of nitrogens with zero attached hydrogens (tertiary/aromatic N) is 4. The SMILES string of the molecule is FC(F)(F)c1nc(C2=CN([C@@H]3CCOc4ccccc43)CN=C2)no1. The fourth-order valence-electron chi connectivity index (χ4n) is 2.91. The van der Waals surface area contributed by atoms with E-state index in [1.54, 1.807) is 6.20 Å². The lowest BCUT2D eigenvalue weighted by Gasteiger charge is -2.35. The molecule has 0 amide bonds. The highest BCUT2D eigenvalue weighted by atomic mass is 19.4. The second kappa shape index (κ2) is 5.91. The van der Waals surface area contributed by atoms with Gasteiger partial charge in [-0.2, -0.15) is 18.2 Å². The van der Waals surface area contributed by atoms with Crippen LogP contribution in [0.3, 0.4) is 0 Å². The third kappa shape index (κ3) is 2.97. The van der Waals surface area contributed by atoms with Crippen LogP contribution in [-0.4, -0.2) is 34.5 Å². The summed E-state index contributed by atoms with van der Waals surface area (Å²) >= 11 is 0. The molecule has 4 rings (SSSR count). The standard InChI is InChI=1S/C16H13F3N4O2/c17-16(18,19)15-21-14(22-25-15)10-7-20-9-23(8-10)12-5-6-24-13-4-2-1-3-11(12)13/h1-4,7-8,12H,5-6,9H2/t12-/m1/s1. The minimum Gasteiger partial charge on any atom is -0.493 e. The number of alkyl halides is 3. The normalized spacial score (nSPS) is 20.0. The molecule has 25 heavy (non-hydrogen) atoms. The summed E-state index contributed by atoms with van der Waals surface area (Å²) < 4.78 is 47.8. The van der Waals surface area contributed by atoms with Gasteiger partial charge < -0.3 is 14.2 Å². The van der Waals surface area contributed by atoms with Gasteiger partial charge in [0.05, 0.1) is 18.2 Å². The van der Waals surface area contributed by atoms with Gasteiger partial charge in [0, 0.05) is 24.4 Å². The second-order valence-electron chi connectivity index (χ2n) is 5.66. The van der Waals surface area contributed by atoms with Crippen LogP contribution in [-0.2, 0) is 6.18 Å². The van der Waals surface area contributed by atoms with Gasteiger partial charge in [0.25, 0.3) is 0 Å². The van der Waals surface area contributed by atoms with Crippen molar-refractivity contribution in [3.63, 3.8) is 0 Å². The van der Waals surface area contributed by atoms with Gasteiger partial charge >= 0.3 is 12.1 Å². The van der Waals surface area contributed by atoms with Crippen molar-refractivity contribution in [1.29, 1.82) is 0 Å². The molecule has 0 saturated carbocycles. The number of para-hydroxylation sites is 1. The van der Waals surface area contributed by atoms with Crippen molar-refractivity contribution < 1.29 is 22.4 Å². The van der Waals surface area contributed by atoms with Crippen LogP contribution in [0.2, 0.25) is 0 Å². The van der Waals surface area contributed by atoms with Crippen LogP contribution in [0.4, 0.5) is 13.2 Å². The zero-order valence-corrected chi connectivity index (χ0v) is 12.9. The number of hydrogen-bond donors (Lipinski definition) is 0. The van der Waals surface area contributed by atoms with E-state index in [4.69, 9.17) is 4.74 Å². The summed E-state index contributed by atoms with van der Waals surface area (Å²) in [6, 6.07) is 7.71. The maximum absolute atomic E-state index is 12.6. The molecule has 2 aromatic rings. The van der Waals surface area contributed by atoms with Gasteiger partial charge in [-0.1, -0.05) is 23.4 Å². The number of fused-ring (bicyclic) bond motifs is 1. The highest BCUT2D eigenvalue weighted by Crippen LogP contribution is 2.37. The second-order valence-corrected chi connectivity index (χ2v) is 5.66. The van der Waals surface area contributed by atoms with Crippen molar-refractivity contribution in [1.82, 2.24) is 15.0 Å². The first kappa shape index (κ1) is 15.7. The zero-order valence-electron chi connectivity index (χ0n) is 12.9. The fourth-order valence-corrected chi connectivity index (χ4v) is 2.91. The molecule has 6 nitrogen and oxygen atoms in total. The van der Waals surface area contributed by atoms with Crippen molar-refractivity contribution in [3.05, 3.63) is 47.7 Å². The van der Waals surface area contributed by atoms with Crippen molar-refractivity contribution in [3.8, 4) is 5.75 Å². The van der Waals surface area contributed by atoms with E-state index >= 15 is 0 Å². The molecular weight excluding hydrogens is 337 g/mol. The van der Waals surface area contributed by atoms with Gasteiger partial charge in [0.2, 0.25) is 5.82 Å². The van der Waals surface area contributed by atoms with E-state index < -0.39 is 12.1 Å². The Labute approximate surface area is 140 Å². The number of ether oxygens (including phenoxy) is 1. The lowest BCUT2D eigenvalue weighted by molar-refractivity contribution is -0.159. The number of halogens is 3. The predicted molar refractivity (Wildman–Crippen MR) is 81.8 cm³/mol. The van der Waals surface area contributed by atoms with Crippen LogP contribution < -0.4 is 4.74 Å². The van der Waals surface area contributed by atoms with Crippen molar-refractivity contribution in [2.75, 3.05) is 13.3 Å². The summed E-state index contributed by atoms with van der Waals surface area (Å²) in [5.74, 6) is -0.700. The molecule has 0 spiro atoms. The van der Waals surface area contributed by atoms with Gasteiger partial charge in [0.15, 0.2) is 0 Å². The molecule has 0 radical (unpaired) electrons. The molecule has 1 atom stereocenters. The van der Waals surface area contributed by atoms with Crippen LogP contribution in [0.5, 0.6) is 5.75 Å². The third-order valence-electron chi connectivity index (χ3n) is 4.03. The maximum atomic E-state index is 12.6. The molecular formula is C16H13F3N4O2. The number of benzene rings is 1. The van der Waals surface area contributed by atoms with E-state index in [1.807, 2.05) is 29.2 Å². The molecule has 0 fully saturated rings. The smallest absolute Gasteiger partial charge is 0.471 e. The Hall–Kier alpha value is -2.84. The summed E-state index contributed by atoms with van der Waals surface area (Å²) in [4.78, 5) is 9.58. The Kier molecular flexibility index (Phi) is 3.70. The first-order valence-corrected chi connectivity index (χ1v) is 7.63. The number of allylic oxidation sites excluding steroid dienone is 1. The lowest BCUT2D eigenvalue weighted by atomic mass is 9.99. The molecule has 130 valence electrons. The van der Waals surface area contributed by atoms with E-state index in [-0.39, 0.29) is 11.9 Å². The van der Waals surface area contributed by atoms with Crippen LogP contribution in [0, 0.1) is 0 Å². The van der Waals surface area contributed by atoms with Crippen molar-refractivity contribution in [2.24, 2.45) is 4.99 Å². The molecule has 2 aliphatic rings. The summed E-state index contributed by atoms with van der Waals surface area (Å²) in [7, 11) is 0. The Balaban J connectivity index is 1.63. The molecule has 3 heterocycles. The third-order valence-corrected chi connectivity index (χ3v) is 4.03. The fraction of sp³-hybridized carbons (Fsp3) is 0.312. The Bertz CT molecular complexity index is 844. The quantitative estimate of drug-likeness (QED) is 0.832. The number of aliphatic imine (C=N–C) groups is 1. The van der Waals surface area contributed by atoms with Gasteiger partial charge in [-0.25, -0.2) is 0 Å². The maximum Gasteiger partial charge on any atom is 0.471 e. The topological polar surface area (TPSA) is 63.8 Å². The molecule has 9 heteroatoms. The van der Waals surface area contributed by atoms with Crippen LogP contribution in [0.1, 0.15) is 29.7 Å². The molecule has 0 unspecified atom stereocenters. The van der Waals surface area contributed by atoms with E-state index in [1.165, 1.54) is 6.21 Å². The average Bonchev–Trinajstić information content (AvgIpc) is 3.12. The highest BCUT2D eigenvalue weighted by molar-refractivity contribution is 6.08. The summed E-state index contributed by atoms with van der Waals surface area (Å²) in [6.45, 7) is 0.956. The largest absolute Gasteiger partial charge is 0.493 e. The summed E-state index contributed by atoms with van der Waals surface area (Å²) in [5, 5.41) is 3.41. The molecule has 0 aliphatic carbocycles. The molecule has 1 aromatic carbocycles. The summed E-state index contributed by atoms with van der Waals surface area (Å²) in [6.07, 6.45) is -0.759. The zero-order chi connectivity index (χ0) is 17.4. The Morgan fingerprint density at radius 3 is 2.84 bits per heavy atom. The van der Waals surface area contributed by atoms with E-state index in [0.717, 1.165) is 17.7 Å². The van der Waals surface area contributed by atoms with Gasteiger partial charge in [0.1, 0.15) is 12.4 Å². The lowest BCUT2D eigenvalue weighted by Crippen LogP contribution is -2.30.